The van der Waals surface area contributed by atoms with Crippen molar-refractivity contribution in [2.75, 3.05) is 0 Å². The molecule has 0 amide bonds. The largest absolute Gasteiger partial charge is 0.135 e. The Morgan fingerprint density at radius 3 is 1.70 bits per heavy atom. The molecule has 1 aromatic heterocycles. The highest BCUT2D eigenvalue weighted by Crippen LogP contribution is 2.55. The first-order chi connectivity index (χ1) is 22.6. The second-order valence-electron chi connectivity index (χ2n) is 13.2. The van der Waals surface area contributed by atoms with Gasteiger partial charge in [-0.2, -0.15) is 0 Å². The first-order valence-electron chi connectivity index (χ1n) is 16.1. The molecule has 1 aliphatic rings. The molecule has 0 bridgehead atoms. The van der Waals surface area contributed by atoms with Gasteiger partial charge < -0.3 is 0 Å². The van der Waals surface area contributed by atoms with Crippen LogP contribution in [-0.4, -0.2) is 0 Å². The summed E-state index contributed by atoms with van der Waals surface area (Å²) in [5.41, 5.74) is 10.7. The van der Waals surface area contributed by atoms with Crippen LogP contribution in [0.2, 0.25) is 0 Å². The Labute approximate surface area is 272 Å². The zero-order chi connectivity index (χ0) is 30.6. The maximum Gasteiger partial charge on any atom is 0.0355 e. The lowest BCUT2D eigenvalue weighted by Gasteiger charge is -2.26. The van der Waals surface area contributed by atoms with Crippen molar-refractivity contribution >= 4 is 63.8 Å². The minimum absolute atomic E-state index is 0.142. The van der Waals surface area contributed by atoms with Crippen LogP contribution in [0.3, 0.4) is 0 Å². The van der Waals surface area contributed by atoms with Crippen molar-refractivity contribution in [1.29, 1.82) is 0 Å². The molecule has 0 radical (unpaired) electrons. The molecule has 1 aliphatic carbocycles. The standard InChI is InChI=1S/C45H30S/c1-45(2)39-26-28-13-4-3-12-27(28)24-37(39)35-19-11-20-36(44(35)45)43-33-17-7-5-15-31(33)42(32-16-6-8-18-34(32)43)29-22-23-41-38(25-29)30-14-9-10-21-40(30)46-41/h3-26H,1-2H3. The second kappa shape index (κ2) is 9.39. The van der Waals surface area contributed by atoms with E-state index >= 15 is 0 Å². The fourth-order valence-electron chi connectivity index (χ4n) is 8.38. The highest BCUT2D eigenvalue weighted by molar-refractivity contribution is 7.25. The molecule has 0 saturated carbocycles. The molecule has 0 aliphatic heterocycles. The van der Waals surface area contributed by atoms with E-state index in [0.717, 1.165) is 0 Å². The van der Waals surface area contributed by atoms with Gasteiger partial charge in [0.2, 0.25) is 0 Å². The van der Waals surface area contributed by atoms with E-state index in [9.17, 15) is 0 Å². The van der Waals surface area contributed by atoms with Gasteiger partial charge in [0, 0.05) is 25.6 Å². The van der Waals surface area contributed by atoms with Gasteiger partial charge in [-0.05, 0) is 107 Å². The van der Waals surface area contributed by atoms with Crippen molar-refractivity contribution in [2.24, 2.45) is 0 Å². The molecule has 1 heteroatoms. The second-order valence-corrected chi connectivity index (χ2v) is 14.3. The quantitative estimate of drug-likeness (QED) is 0.173. The van der Waals surface area contributed by atoms with Crippen LogP contribution in [0.1, 0.15) is 25.0 Å². The third-order valence-corrected chi connectivity index (χ3v) is 11.6. The molecule has 0 unspecified atom stereocenters. The monoisotopic (exact) mass is 602 g/mol. The normalized spacial score (nSPS) is 13.6. The van der Waals surface area contributed by atoms with Crippen LogP contribution in [0.4, 0.5) is 0 Å². The van der Waals surface area contributed by atoms with Crippen molar-refractivity contribution in [2.45, 2.75) is 19.3 Å². The van der Waals surface area contributed by atoms with Gasteiger partial charge >= 0.3 is 0 Å². The van der Waals surface area contributed by atoms with E-state index in [1.807, 2.05) is 11.3 Å². The summed E-state index contributed by atoms with van der Waals surface area (Å²) in [6.07, 6.45) is 0. The van der Waals surface area contributed by atoms with E-state index in [0.29, 0.717) is 0 Å². The van der Waals surface area contributed by atoms with Crippen LogP contribution in [-0.2, 0) is 5.41 Å². The summed E-state index contributed by atoms with van der Waals surface area (Å²) in [4.78, 5) is 0. The molecule has 216 valence electrons. The fraction of sp³-hybridized carbons (Fsp3) is 0.0667. The Balaban J connectivity index is 1.29. The van der Waals surface area contributed by atoms with Gasteiger partial charge in [0.05, 0.1) is 0 Å². The number of fused-ring (bicyclic) bond motifs is 9. The van der Waals surface area contributed by atoms with Crippen molar-refractivity contribution in [3.63, 3.8) is 0 Å². The minimum Gasteiger partial charge on any atom is -0.135 e. The van der Waals surface area contributed by atoms with Gasteiger partial charge in [0.25, 0.3) is 0 Å². The summed E-state index contributed by atoms with van der Waals surface area (Å²) in [5, 5.41) is 10.5. The SMILES string of the molecule is CC1(C)c2cc3ccccc3cc2-c2cccc(-c3c4ccccc4c(-c4ccc5sc6ccccc6c5c4)c4ccccc34)c21. The Kier molecular flexibility index (Phi) is 5.31. The maximum atomic E-state index is 2.43. The molecule has 10 rings (SSSR count). The molecule has 8 aromatic carbocycles. The van der Waals surface area contributed by atoms with Gasteiger partial charge in [-0.15, -0.1) is 11.3 Å². The summed E-state index contributed by atoms with van der Waals surface area (Å²) < 4.78 is 2.68. The summed E-state index contributed by atoms with van der Waals surface area (Å²) >= 11 is 1.88. The van der Waals surface area contributed by atoms with Crippen LogP contribution in [0, 0.1) is 0 Å². The minimum atomic E-state index is -0.142. The average molecular weight is 603 g/mol. The van der Waals surface area contributed by atoms with E-state index in [-0.39, 0.29) is 5.41 Å². The zero-order valence-electron chi connectivity index (χ0n) is 25.8. The van der Waals surface area contributed by atoms with Crippen LogP contribution in [0.15, 0.2) is 146 Å². The van der Waals surface area contributed by atoms with E-state index in [1.54, 1.807) is 0 Å². The lowest BCUT2D eigenvalue weighted by molar-refractivity contribution is 0.663. The van der Waals surface area contributed by atoms with Crippen LogP contribution in [0.5, 0.6) is 0 Å². The van der Waals surface area contributed by atoms with Crippen LogP contribution in [0.25, 0.3) is 85.9 Å². The predicted octanol–water partition coefficient (Wildman–Crippen LogP) is 13.2. The van der Waals surface area contributed by atoms with Gasteiger partial charge in [-0.25, -0.2) is 0 Å². The lowest BCUT2D eigenvalue weighted by Crippen LogP contribution is -2.16. The average Bonchev–Trinajstić information content (AvgIpc) is 3.57. The van der Waals surface area contributed by atoms with Gasteiger partial charge in [0.1, 0.15) is 0 Å². The number of hydrogen-bond donors (Lipinski definition) is 0. The Hall–Kier alpha value is -5.24. The molecule has 0 spiro atoms. The molecule has 0 nitrogen and oxygen atoms in total. The fourth-order valence-corrected chi connectivity index (χ4v) is 9.47. The van der Waals surface area contributed by atoms with E-state index in [4.69, 9.17) is 0 Å². The number of hydrogen-bond acceptors (Lipinski definition) is 1. The van der Waals surface area contributed by atoms with Crippen molar-refractivity contribution in [1.82, 2.24) is 0 Å². The summed E-state index contributed by atoms with van der Waals surface area (Å²) in [7, 11) is 0. The Morgan fingerprint density at radius 2 is 0.978 bits per heavy atom. The summed E-state index contributed by atoms with van der Waals surface area (Å²) in [5.74, 6) is 0. The molecule has 0 fully saturated rings. The van der Waals surface area contributed by atoms with Crippen molar-refractivity contribution in [3.8, 4) is 33.4 Å². The topological polar surface area (TPSA) is 0 Å². The van der Waals surface area contributed by atoms with Gasteiger partial charge in [0.15, 0.2) is 0 Å². The van der Waals surface area contributed by atoms with Crippen molar-refractivity contribution < 1.29 is 0 Å². The first kappa shape index (κ1) is 26.0. The Morgan fingerprint density at radius 1 is 0.413 bits per heavy atom. The van der Waals surface area contributed by atoms with E-state index in [2.05, 4.69) is 159 Å². The third kappa shape index (κ3) is 3.49. The molecule has 46 heavy (non-hydrogen) atoms. The van der Waals surface area contributed by atoms with Gasteiger partial charge in [-0.1, -0.05) is 129 Å². The highest BCUT2D eigenvalue weighted by atomic mass is 32.1. The number of benzene rings is 8. The van der Waals surface area contributed by atoms with Crippen molar-refractivity contribution in [3.05, 3.63) is 157 Å². The first-order valence-corrected chi connectivity index (χ1v) is 16.9. The molecule has 1 heterocycles. The highest BCUT2D eigenvalue weighted by Gasteiger charge is 2.38. The zero-order valence-corrected chi connectivity index (χ0v) is 26.6. The van der Waals surface area contributed by atoms with E-state index in [1.165, 1.54) is 97.0 Å². The summed E-state index contributed by atoms with van der Waals surface area (Å²) in [6, 6.07) is 54.6. The van der Waals surface area contributed by atoms with Gasteiger partial charge in [-0.3, -0.25) is 0 Å². The summed E-state index contributed by atoms with van der Waals surface area (Å²) in [6.45, 7) is 4.82. The smallest absolute Gasteiger partial charge is 0.0355 e. The number of rotatable bonds is 2. The van der Waals surface area contributed by atoms with Crippen LogP contribution < -0.4 is 0 Å². The maximum absolute atomic E-state index is 2.43. The molecular weight excluding hydrogens is 573 g/mol. The third-order valence-electron chi connectivity index (χ3n) is 10.4. The van der Waals surface area contributed by atoms with E-state index < -0.39 is 0 Å². The van der Waals surface area contributed by atoms with Crippen LogP contribution >= 0.6 is 11.3 Å². The molecule has 0 atom stereocenters. The molecular formula is C45H30S. The number of thiophene rings is 1. The Bertz CT molecular complexity index is 2660. The predicted molar refractivity (Wildman–Crippen MR) is 200 cm³/mol. The lowest BCUT2D eigenvalue weighted by atomic mass is 9.76. The molecule has 9 aromatic rings. The molecule has 0 saturated heterocycles. The molecule has 0 N–H and O–H groups in total.